The summed E-state index contributed by atoms with van der Waals surface area (Å²) in [5, 5.41) is 6.73. The SMILES string of the molecule is CCC(C)NC(=NC)NCc1cccc(COCc2ccccc2)c1.I. The van der Waals surface area contributed by atoms with Gasteiger partial charge in [-0.2, -0.15) is 0 Å². The normalized spacial score (nSPS) is 12.2. The first-order chi connectivity index (χ1) is 12.2. The Bertz CT molecular complexity index is 661. The number of guanidine groups is 1. The zero-order chi connectivity index (χ0) is 17.9. The van der Waals surface area contributed by atoms with Crippen molar-refractivity contribution >= 4 is 29.9 Å². The van der Waals surface area contributed by atoms with Gasteiger partial charge >= 0.3 is 0 Å². The second kappa shape index (κ2) is 12.7. The van der Waals surface area contributed by atoms with Gasteiger partial charge in [-0.15, -0.1) is 24.0 Å². The third-order valence-corrected chi connectivity index (χ3v) is 4.05. The molecule has 26 heavy (non-hydrogen) atoms. The summed E-state index contributed by atoms with van der Waals surface area (Å²) in [5.41, 5.74) is 3.59. The predicted molar refractivity (Wildman–Crippen MR) is 120 cm³/mol. The molecule has 0 spiro atoms. The third kappa shape index (κ3) is 8.19. The Morgan fingerprint density at radius 1 is 1.00 bits per heavy atom. The lowest BCUT2D eigenvalue weighted by atomic mass is 10.1. The molecule has 0 fully saturated rings. The maximum absolute atomic E-state index is 5.82. The van der Waals surface area contributed by atoms with Gasteiger partial charge in [0.15, 0.2) is 5.96 Å². The van der Waals surface area contributed by atoms with Crippen molar-refractivity contribution < 1.29 is 4.74 Å². The number of benzene rings is 2. The van der Waals surface area contributed by atoms with Crippen LogP contribution >= 0.6 is 24.0 Å². The van der Waals surface area contributed by atoms with Crippen molar-refractivity contribution in [2.24, 2.45) is 4.99 Å². The van der Waals surface area contributed by atoms with Crippen molar-refractivity contribution in [1.29, 1.82) is 0 Å². The van der Waals surface area contributed by atoms with Crippen molar-refractivity contribution in [2.45, 2.75) is 46.1 Å². The zero-order valence-electron chi connectivity index (χ0n) is 15.9. The van der Waals surface area contributed by atoms with Gasteiger partial charge in [-0.05, 0) is 30.0 Å². The van der Waals surface area contributed by atoms with Gasteiger partial charge in [0.1, 0.15) is 0 Å². The zero-order valence-corrected chi connectivity index (χ0v) is 18.2. The lowest BCUT2D eigenvalue weighted by Crippen LogP contribution is -2.41. The van der Waals surface area contributed by atoms with Crippen molar-refractivity contribution in [1.82, 2.24) is 10.6 Å². The van der Waals surface area contributed by atoms with E-state index in [1.165, 1.54) is 16.7 Å². The van der Waals surface area contributed by atoms with Gasteiger partial charge in [-0.25, -0.2) is 0 Å². The number of rotatable bonds is 8. The van der Waals surface area contributed by atoms with Crippen LogP contribution in [0.15, 0.2) is 59.6 Å². The van der Waals surface area contributed by atoms with Gasteiger partial charge < -0.3 is 15.4 Å². The summed E-state index contributed by atoms with van der Waals surface area (Å²) in [6, 6.07) is 19.1. The van der Waals surface area contributed by atoms with Gasteiger partial charge in [0.25, 0.3) is 0 Å². The summed E-state index contributed by atoms with van der Waals surface area (Å²) in [4.78, 5) is 4.27. The molecule has 0 bridgehead atoms. The third-order valence-electron chi connectivity index (χ3n) is 4.05. The van der Waals surface area contributed by atoms with Crippen LogP contribution in [-0.4, -0.2) is 19.0 Å². The molecule has 142 valence electrons. The van der Waals surface area contributed by atoms with Crippen LogP contribution in [0, 0.1) is 0 Å². The summed E-state index contributed by atoms with van der Waals surface area (Å²) < 4.78 is 5.82. The molecule has 0 heterocycles. The van der Waals surface area contributed by atoms with Crippen LogP contribution < -0.4 is 10.6 Å². The number of halogens is 1. The van der Waals surface area contributed by atoms with Crippen LogP contribution in [0.25, 0.3) is 0 Å². The number of nitrogens with one attached hydrogen (secondary N) is 2. The monoisotopic (exact) mass is 467 g/mol. The Labute approximate surface area is 174 Å². The maximum atomic E-state index is 5.82. The fourth-order valence-electron chi connectivity index (χ4n) is 2.41. The molecule has 2 rings (SSSR count). The maximum Gasteiger partial charge on any atom is 0.191 e. The van der Waals surface area contributed by atoms with E-state index in [9.17, 15) is 0 Å². The summed E-state index contributed by atoms with van der Waals surface area (Å²) in [6.45, 7) is 6.29. The molecule has 0 aliphatic heterocycles. The number of ether oxygens (including phenoxy) is 1. The molecule has 2 aromatic rings. The molecule has 4 nitrogen and oxygen atoms in total. The molecule has 0 saturated heterocycles. The van der Waals surface area contributed by atoms with Crippen molar-refractivity contribution in [2.75, 3.05) is 7.05 Å². The number of nitrogens with zero attached hydrogens (tertiary/aromatic N) is 1. The van der Waals surface area contributed by atoms with E-state index < -0.39 is 0 Å². The van der Waals surface area contributed by atoms with E-state index in [1.54, 1.807) is 7.05 Å². The Balaban J connectivity index is 0.00000338. The van der Waals surface area contributed by atoms with E-state index in [4.69, 9.17) is 4.74 Å². The quantitative estimate of drug-likeness (QED) is 0.342. The smallest absolute Gasteiger partial charge is 0.191 e. The van der Waals surface area contributed by atoms with Crippen LogP contribution in [0.1, 0.15) is 37.0 Å². The first-order valence-electron chi connectivity index (χ1n) is 8.88. The second-order valence-corrected chi connectivity index (χ2v) is 6.18. The fraction of sp³-hybridized carbons (Fsp3) is 0.381. The first kappa shape index (κ1) is 22.4. The van der Waals surface area contributed by atoms with Gasteiger partial charge in [0.2, 0.25) is 0 Å². The molecule has 0 aromatic heterocycles. The Hall–Kier alpha value is -1.60. The summed E-state index contributed by atoms with van der Waals surface area (Å²) >= 11 is 0. The molecular formula is C21H30IN3O. The van der Waals surface area contributed by atoms with Crippen LogP contribution in [0.4, 0.5) is 0 Å². The van der Waals surface area contributed by atoms with Crippen LogP contribution in [0.3, 0.4) is 0 Å². The van der Waals surface area contributed by atoms with E-state index in [0.29, 0.717) is 19.3 Å². The standard InChI is InChI=1S/C21H29N3O.HI/c1-4-17(2)24-21(22-3)23-14-19-11-8-12-20(13-19)16-25-15-18-9-6-5-7-10-18;/h5-13,17H,4,14-16H2,1-3H3,(H2,22,23,24);1H. The van der Waals surface area contributed by atoms with Gasteiger partial charge in [-0.3, -0.25) is 4.99 Å². The van der Waals surface area contributed by atoms with E-state index in [1.807, 2.05) is 18.2 Å². The minimum Gasteiger partial charge on any atom is -0.372 e. The summed E-state index contributed by atoms with van der Waals surface area (Å²) in [7, 11) is 1.80. The van der Waals surface area contributed by atoms with Gasteiger partial charge in [0, 0.05) is 19.6 Å². The highest BCUT2D eigenvalue weighted by molar-refractivity contribution is 14.0. The van der Waals surface area contributed by atoms with E-state index in [-0.39, 0.29) is 24.0 Å². The number of aliphatic imine (C=N–C) groups is 1. The van der Waals surface area contributed by atoms with Gasteiger partial charge in [-0.1, -0.05) is 61.5 Å². The molecule has 2 aromatic carbocycles. The topological polar surface area (TPSA) is 45.7 Å². The van der Waals surface area contributed by atoms with Crippen molar-refractivity contribution in [3.63, 3.8) is 0 Å². The molecular weight excluding hydrogens is 437 g/mol. The molecule has 0 radical (unpaired) electrons. The molecule has 0 amide bonds. The fourth-order valence-corrected chi connectivity index (χ4v) is 2.41. The minimum atomic E-state index is 0. The van der Waals surface area contributed by atoms with E-state index >= 15 is 0 Å². The Morgan fingerprint density at radius 2 is 1.65 bits per heavy atom. The summed E-state index contributed by atoms with van der Waals surface area (Å²) in [6.07, 6.45) is 1.06. The predicted octanol–water partition coefficient (Wildman–Crippen LogP) is 4.48. The molecule has 1 unspecified atom stereocenters. The number of hydrogen-bond acceptors (Lipinski definition) is 2. The lowest BCUT2D eigenvalue weighted by molar-refractivity contribution is 0.107. The Morgan fingerprint density at radius 3 is 2.35 bits per heavy atom. The average Bonchev–Trinajstić information content (AvgIpc) is 2.66. The first-order valence-corrected chi connectivity index (χ1v) is 8.88. The molecule has 0 saturated carbocycles. The van der Waals surface area contributed by atoms with Crippen LogP contribution in [0.5, 0.6) is 0 Å². The molecule has 2 N–H and O–H groups in total. The highest BCUT2D eigenvalue weighted by Gasteiger charge is 2.03. The molecule has 5 heteroatoms. The lowest BCUT2D eigenvalue weighted by Gasteiger charge is -2.16. The molecule has 0 aliphatic carbocycles. The van der Waals surface area contributed by atoms with Crippen LogP contribution in [-0.2, 0) is 24.5 Å². The summed E-state index contributed by atoms with van der Waals surface area (Å²) in [5.74, 6) is 0.833. The highest BCUT2D eigenvalue weighted by Crippen LogP contribution is 2.09. The van der Waals surface area contributed by atoms with E-state index in [2.05, 4.69) is 65.9 Å². The highest BCUT2D eigenvalue weighted by atomic mass is 127. The Kier molecular flexibility index (Phi) is 11.0. The molecule has 0 aliphatic rings. The van der Waals surface area contributed by atoms with E-state index in [0.717, 1.165) is 18.9 Å². The molecule has 1 atom stereocenters. The second-order valence-electron chi connectivity index (χ2n) is 6.18. The average molecular weight is 467 g/mol. The number of hydrogen-bond donors (Lipinski definition) is 2. The van der Waals surface area contributed by atoms with Gasteiger partial charge in [0.05, 0.1) is 13.2 Å². The largest absolute Gasteiger partial charge is 0.372 e. The van der Waals surface area contributed by atoms with Crippen LogP contribution in [0.2, 0.25) is 0 Å². The van der Waals surface area contributed by atoms with Crippen molar-refractivity contribution in [3.05, 3.63) is 71.3 Å². The minimum absolute atomic E-state index is 0. The van der Waals surface area contributed by atoms with Crippen molar-refractivity contribution in [3.8, 4) is 0 Å².